The van der Waals surface area contributed by atoms with Crippen molar-refractivity contribution < 1.29 is 9.59 Å². The third kappa shape index (κ3) is 5.57. The highest BCUT2D eigenvalue weighted by atomic mass is 35.5. The minimum Gasteiger partial charge on any atom is -0.349 e. The molecule has 2 amide bonds. The van der Waals surface area contributed by atoms with E-state index in [9.17, 15) is 9.59 Å². The lowest BCUT2D eigenvalue weighted by Crippen LogP contribution is -2.36. The molecule has 0 atom stereocenters. The van der Waals surface area contributed by atoms with Crippen LogP contribution in [0.5, 0.6) is 0 Å². The van der Waals surface area contributed by atoms with E-state index in [1.165, 1.54) is 6.42 Å². The average Bonchev–Trinajstić information content (AvgIpc) is 3.09. The van der Waals surface area contributed by atoms with Crippen LogP contribution in [0.1, 0.15) is 64.1 Å². The molecule has 1 fully saturated rings. The van der Waals surface area contributed by atoms with Crippen LogP contribution in [-0.4, -0.2) is 27.6 Å². The molecule has 0 spiro atoms. The Bertz CT molecular complexity index is 1150. The van der Waals surface area contributed by atoms with Crippen LogP contribution in [-0.2, 0) is 6.54 Å². The highest BCUT2D eigenvalue weighted by Gasteiger charge is 2.22. The second kappa shape index (κ2) is 10.4. The van der Waals surface area contributed by atoms with Crippen molar-refractivity contribution >= 4 is 40.7 Å². The molecule has 1 heterocycles. The monoisotopic (exact) mass is 484 g/mol. The maximum atomic E-state index is 13.0. The maximum Gasteiger partial charge on any atom is 0.260 e. The van der Waals surface area contributed by atoms with Gasteiger partial charge in [0.2, 0.25) is 0 Å². The van der Waals surface area contributed by atoms with Crippen LogP contribution >= 0.6 is 23.2 Å². The van der Waals surface area contributed by atoms with Gasteiger partial charge in [0.15, 0.2) is 0 Å². The van der Waals surface area contributed by atoms with Crippen molar-refractivity contribution in [1.82, 2.24) is 15.1 Å². The van der Waals surface area contributed by atoms with E-state index in [4.69, 9.17) is 23.2 Å². The van der Waals surface area contributed by atoms with Gasteiger partial charge in [0.1, 0.15) is 5.15 Å². The van der Waals surface area contributed by atoms with E-state index < -0.39 is 5.91 Å². The summed E-state index contributed by atoms with van der Waals surface area (Å²) < 4.78 is 1.60. The number of rotatable bonds is 6. The number of hydrogen-bond donors (Lipinski definition) is 2. The predicted octanol–water partition coefficient (Wildman–Crippen LogP) is 5.86. The lowest BCUT2D eigenvalue weighted by molar-refractivity contribution is 0.0926. The summed E-state index contributed by atoms with van der Waals surface area (Å²) in [6.07, 6.45) is 5.40. The Morgan fingerprint density at radius 2 is 1.76 bits per heavy atom. The van der Waals surface area contributed by atoms with Crippen molar-refractivity contribution in [3.63, 3.8) is 0 Å². The average molecular weight is 485 g/mol. The van der Waals surface area contributed by atoms with Gasteiger partial charge >= 0.3 is 0 Å². The minimum atomic E-state index is -0.391. The van der Waals surface area contributed by atoms with Crippen molar-refractivity contribution in [2.24, 2.45) is 0 Å². The number of benzene rings is 2. The van der Waals surface area contributed by atoms with E-state index in [-0.39, 0.29) is 17.1 Å². The van der Waals surface area contributed by atoms with E-state index in [0.29, 0.717) is 34.1 Å². The molecule has 0 saturated heterocycles. The first-order valence-electron chi connectivity index (χ1n) is 11.1. The summed E-state index contributed by atoms with van der Waals surface area (Å²) in [6.45, 7) is 2.20. The quantitative estimate of drug-likeness (QED) is 0.459. The number of nitrogens with zero attached hydrogens (tertiary/aromatic N) is 2. The van der Waals surface area contributed by atoms with Gasteiger partial charge in [-0.2, -0.15) is 5.10 Å². The first-order valence-corrected chi connectivity index (χ1v) is 11.9. The molecule has 2 N–H and O–H groups in total. The number of hydrogen-bond acceptors (Lipinski definition) is 3. The normalized spacial score (nSPS) is 14.2. The Balaban J connectivity index is 1.49. The molecule has 2 aromatic carbocycles. The first-order chi connectivity index (χ1) is 15.9. The van der Waals surface area contributed by atoms with Gasteiger partial charge in [0, 0.05) is 11.7 Å². The molecule has 33 heavy (non-hydrogen) atoms. The van der Waals surface area contributed by atoms with Crippen molar-refractivity contribution in [1.29, 1.82) is 0 Å². The van der Waals surface area contributed by atoms with E-state index in [2.05, 4.69) is 15.7 Å². The molecule has 4 rings (SSSR count). The molecule has 1 saturated carbocycles. The molecular formula is C25H26Cl2N4O2. The van der Waals surface area contributed by atoms with Gasteiger partial charge in [-0.1, -0.05) is 72.8 Å². The third-order valence-electron chi connectivity index (χ3n) is 5.88. The summed E-state index contributed by atoms with van der Waals surface area (Å²) in [5, 5.41) is 10.9. The van der Waals surface area contributed by atoms with Gasteiger partial charge in [-0.15, -0.1) is 0 Å². The smallest absolute Gasteiger partial charge is 0.260 e. The zero-order chi connectivity index (χ0) is 23.4. The van der Waals surface area contributed by atoms with Gasteiger partial charge in [0.25, 0.3) is 11.8 Å². The Morgan fingerprint density at radius 3 is 2.48 bits per heavy atom. The van der Waals surface area contributed by atoms with Crippen molar-refractivity contribution in [3.8, 4) is 0 Å². The SMILES string of the molecule is Cc1nn(Cc2ccccc2)c(Cl)c1C(=O)Nc1ccc(Cl)c(C(=O)NC2CCCCC2)c1. The lowest BCUT2D eigenvalue weighted by Gasteiger charge is -2.23. The zero-order valence-electron chi connectivity index (χ0n) is 18.4. The Morgan fingerprint density at radius 1 is 1.03 bits per heavy atom. The largest absolute Gasteiger partial charge is 0.349 e. The Hall–Kier alpha value is -2.83. The van der Waals surface area contributed by atoms with Crippen LogP contribution < -0.4 is 10.6 Å². The third-order valence-corrected chi connectivity index (χ3v) is 6.59. The molecule has 0 radical (unpaired) electrons. The molecule has 8 heteroatoms. The number of aromatic nitrogens is 2. The van der Waals surface area contributed by atoms with Gasteiger partial charge in [-0.3, -0.25) is 9.59 Å². The van der Waals surface area contributed by atoms with E-state index >= 15 is 0 Å². The van der Waals surface area contributed by atoms with Crippen molar-refractivity contribution in [2.45, 2.75) is 51.6 Å². The Kier molecular flexibility index (Phi) is 7.36. The summed E-state index contributed by atoms with van der Waals surface area (Å²) in [5.41, 5.74) is 2.65. The van der Waals surface area contributed by atoms with Gasteiger partial charge in [-0.25, -0.2) is 4.68 Å². The number of anilines is 1. The molecule has 3 aromatic rings. The summed E-state index contributed by atoms with van der Waals surface area (Å²) in [7, 11) is 0. The molecular weight excluding hydrogens is 459 g/mol. The molecule has 0 bridgehead atoms. The first kappa shape index (κ1) is 23.3. The topological polar surface area (TPSA) is 76.0 Å². The standard InChI is InChI=1S/C25H26Cl2N4O2/c1-16-22(23(27)31(30-16)15-17-8-4-2-5-9-17)25(33)29-19-12-13-21(26)20(14-19)24(32)28-18-10-6-3-7-11-18/h2,4-5,8-9,12-14,18H,3,6-7,10-11,15H2,1H3,(H,28,32)(H,29,33). The van der Waals surface area contributed by atoms with Crippen LogP contribution in [0.15, 0.2) is 48.5 Å². The molecule has 0 unspecified atom stereocenters. The highest BCUT2D eigenvalue weighted by molar-refractivity contribution is 6.34. The number of carbonyl (C=O) groups excluding carboxylic acids is 2. The molecule has 0 aliphatic heterocycles. The maximum absolute atomic E-state index is 13.0. The predicted molar refractivity (Wildman–Crippen MR) is 131 cm³/mol. The van der Waals surface area contributed by atoms with Crippen LogP contribution in [0.2, 0.25) is 10.2 Å². The lowest BCUT2D eigenvalue weighted by atomic mass is 9.95. The van der Waals surface area contributed by atoms with Gasteiger partial charge in [-0.05, 0) is 43.5 Å². The number of amides is 2. The fourth-order valence-corrected chi connectivity index (χ4v) is 4.68. The second-order valence-electron chi connectivity index (χ2n) is 8.35. The number of nitrogens with one attached hydrogen (secondary N) is 2. The highest BCUT2D eigenvalue weighted by Crippen LogP contribution is 2.25. The number of carbonyl (C=O) groups is 2. The Labute approximate surface area is 203 Å². The van der Waals surface area contributed by atoms with Crippen LogP contribution in [0.3, 0.4) is 0 Å². The summed E-state index contributed by atoms with van der Waals surface area (Å²) in [4.78, 5) is 25.8. The molecule has 1 aromatic heterocycles. The van der Waals surface area contributed by atoms with Crippen LogP contribution in [0, 0.1) is 6.92 Å². The van der Waals surface area contributed by atoms with E-state index in [1.54, 1.807) is 29.8 Å². The fourth-order valence-electron chi connectivity index (χ4n) is 4.15. The minimum absolute atomic E-state index is 0.164. The van der Waals surface area contributed by atoms with Gasteiger partial charge < -0.3 is 10.6 Å². The fraction of sp³-hybridized carbons (Fsp3) is 0.320. The van der Waals surface area contributed by atoms with E-state index in [0.717, 1.165) is 31.2 Å². The molecule has 6 nitrogen and oxygen atoms in total. The van der Waals surface area contributed by atoms with Crippen molar-refractivity contribution in [2.75, 3.05) is 5.32 Å². The van der Waals surface area contributed by atoms with E-state index in [1.807, 2.05) is 30.3 Å². The number of halogens is 2. The summed E-state index contributed by atoms with van der Waals surface area (Å²) in [6, 6.07) is 14.8. The molecule has 1 aliphatic rings. The summed E-state index contributed by atoms with van der Waals surface area (Å²) in [5.74, 6) is -0.620. The zero-order valence-corrected chi connectivity index (χ0v) is 19.9. The molecule has 1 aliphatic carbocycles. The van der Waals surface area contributed by atoms with Crippen LogP contribution in [0.25, 0.3) is 0 Å². The van der Waals surface area contributed by atoms with Gasteiger partial charge in [0.05, 0.1) is 28.4 Å². The second-order valence-corrected chi connectivity index (χ2v) is 9.12. The van der Waals surface area contributed by atoms with Crippen LogP contribution in [0.4, 0.5) is 5.69 Å². The summed E-state index contributed by atoms with van der Waals surface area (Å²) >= 11 is 12.8. The molecule has 172 valence electrons. The van der Waals surface area contributed by atoms with Crippen molar-refractivity contribution in [3.05, 3.63) is 81.1 Å². The number of aryl methyl sites for hydroxylation is 1.